The van der Waals surface area contributed by atoms with Gasteiger partial charge in [-0.2, -0.15) is 0 Å². The molecule has 4 rings (SSSR count). The predicted octanol–water partition coefficient (Wildman–Crippen LogP) is 5.86. The minimum atomic E-state index is -2.83. The van der Waals surface area contributed by atoms with E-state index in [0.29, 0.717) is 0 Å². The van der Waals surface area contributed by atoms with Crippen LogP contribution in [0.3, 0.4) is 0 Å². The third kappa shape index (κ3) is 3.16. The fraction of sp³-hybridized carbons (Fsp3) is 0. The lowest BCUT2D eigenvalue weighted by Gasteiger charge is -2.19. The zero-order valence-corrected chi connectivity index (χ0v) is 15.3. The molecule has 0 saturated carbocycles. The average molecular weight is 360 g/mol. The summed E-state index contributed by atoms with van der Waals surface area (Å²) in [6.07, 6.45) is -2.83. The van der Waals surface area contributed by atoms with E-state index in [4.69, 9.17) is 0 Å². The van der Waals surface area contributed by atoms with Crippen molar-refractivity contribution >= 4 is 39.1 Å². The lowest BCUT2D eigenvalue weighted by atomic mass is 10.1. The van der Waals surface area contributed by atoms with Gasteiger partial charge >= 0.3 is 0 Å². The molecule has 122 valence electrons. The number of hydrogen-bond acceptors (Lipinski definition) is 2. The molecule has 0 amide bonds. The summed E-state index contributed by atoms with van der Waals surface area (Å²) in [4.78, 5) is 1.05. The summed E-state index contributed by atoms with van der Waals surface area (Å²) in [6.45, 7) is 0. The SMILES string of the molecule is O=P(Sc1cccc2ccccc12)(c1ccccc1)c1ccccc1. The van der Waals surface area contributed by atoms with Gasteiger partial charge in [-0.3, -0.25) is 0 Å². The van der Waals surface area contributed by atoms with E-state index in [-0.39, 0.29) is 0 Å². The summed E-state index contributed by atoms with van der Waals surface area (Å²) in [5.41, 5.74) is 0. The van der Waals surface area contributed by atoms with E-state index in [1.54, 1.807) is 0 Å². The Hall–Kier alpha value is -2.28. The second kappa shape index (κ2) is 6.92. The minimum Gasteiger partial charge on any atom is -0.302 e. The highest BCUT2D eigenvalue weighted by molar-refractivity contribution is 8.62. The van der Waals surface area contributed by atoms with Crippen molar-refractivity contribution in [1.82, 2.24) is 0 Å². The van der Waals surface area contributed by atoms with Gasteiger partial charge in [-0.05, 0) is 16.8 Å². The van der Waals surface area contributed by atoms with Crippen LogP contribution in [0.25, 0.3) is 10.8 Å². The molecule has 0 saturated heterocycles. The number of fused-ring (bicyclic) bond motifs is 1. The number of rotatable bonds is 4. The lowest BCUT2D eigenvalue weighted by molar-refractivity contribution is 0.595. The summed E-state index contributed by atoms with van der Waals surface area (Å²) >= 11 is 1.48. The molecule has 0 aromatic heterocycles. The van der Waals surface area contributed by atoms with Crippen LogP contribution >= 0.6 is 17.7 Å². The van der Waals surface area contributed by atoms with Gasteiger partial charge in [0.2, 0.25) is 0 Å². The second-order valence-corrected chi connectivity index (χ2v) is 10.6. The van der Waals surface area contributed by atoms with Crippen LogP contribution in [0.4, 0.5) is 0 Å². The molecule has 0 fully saturated rings. The summed E-state index contributed by atoms with van der Waals surface area (Å²) < 4.78 is 14.2. The molecule has 0 heterocycles. The van der Waals surface area contributed by atoms with E-state index in [2.05, 4.69) is 24.3 Å². The van der Waals surface area contributed by atoms with Crippen LogP contribution in [0.2, 0.25) is 0 Å². The first-order valence-electron chi connectivity index (χ1n) is 8.16. The maximum absolute atomic E-state index is 14.2. The van der Waals surface area contributed by atoms with Gasteiger partial charge in [0.15, 0.2) is 6.34 Å². The molecule has 0 N–H and O–H groups in total. The number of benzene rings is 4. The maximum atomic E-state index is 14.2. The molecule has 4 aromatic rings. The van der Waals surface area contributed by atoms with Crippen molar-refractivity contribution in [1.29, 1.82) is 0 Å². The Morgan fingerprint density at radius 3 is 1.72 bits per heavy atom. The zero-order chi connectivity index (χ0) is 17.1. The fourth-order valence-electron chi connectivity index (χ4n) is 2.92. The molecule has 0 spiro atoms. The molecule has 0 aliphatic carbocycles. The van der Waals surface area contributed by atoms with Crippen LogP contribution in [-0.4, -0.2) is 0 Å². The van der Waals surface area contributed by atoms with Crippen molar-refractivity contribution in [3.8, 4) is 0 Å². The molecule has 0 unspecified atom stereocenters. The predicted molar refractivity (Wildman–Crippen MR) is 110 cm³/mol. The highest BCUT2D eigenvalue weighted by Crippen LogP contribution is 2.60. The molecular weight excluding hydrogens is 343 g/mol. The van der Waals surface area contributed by atoms with Gasteiger partial charge in [-0.15, -0.1) is 0 Å². The highest BCUT2D eigenvalue weighted by Gasteiger charge is 2.29. The smallest absolute Gasteiger partial charge is 0.199 e. The van der Waals surface area contributed by atoms with E-state index < -0.39 is 6.34 Å². The van der Waals surface area contributed by atoms with Crippen molar-refractivity contribution in [3.05, 3.63) is 103 Å². The van der Waals surface area contributed by atoms with E-state index in [9.17, 15) is 4.57 Å². The van der Waals surface area contributed by atoms with Crippen LogP contribution in [-0.2, 0) is 4.57 Å². The molecular formula is C22H17OPS. The van der Waals surface area contributed by atoms with Crippen LogP contribution in [0.5, 0.6) is 0 Å². The number of hydrogen-bond donors (Lipinski definition) is 0. The van der Waals surface area contributed by atoms with Gasteiger partial charge in [0.1, 0.15) is 0 Å². The molecule has 1 nitrogen and oxygen atoms in total. The normalized spacial score (nSPS) is 11.5. The zero-order valence-electron chi connectivity index (χ0n) is 13.6. The minimum absolute atomic E-state index is 0.874. The Balaban J connectivity index is 1.89. The molecule has 0 aliphatic rings. The molecule has 3 heteroatoms. The molecule has 0 radical (unpaired) electrons. The summed E-state index contributed by atoms with van der Waals surface area (Å²) in [5, 5.41) is 4.06. The molecule has 0 atom stereocenters. The van der Waals surface area contributed by atoms with Crippen molar-refractivity contribution < 1.29 is 4.57 Å². The Kier molecular flexibility index (Phi) is 4.48. The summed E-state index contributed by atoms with van der Waals surface area (Å²) in [5.74, 6) is 0. The second-order valence-electron chi connectivity index (χ2n) is 5.79. The summed E-state index contributed by atoms with van der Waals surface area (Å²) in [6, 6.07) is 34.0. The van der Waals surface area contributed by atoms with Crippen molar-refractivity contribution in [2.24, 2.45) is 0 Å². The Labute approximate surface area is 151 Å². The van der Waals surface area contributed by atoms with E-state index >= 15 is 0 Å². The van der Waals surface area contributed by atoms with E-state index in [0.717, 1.165) is 20.9 Å². The van der Waals surface area contributed by atoms with Gasteiger partial charge < -0.3 is 4.57 Å². The molecule has 4 aromatic carbocycles. The monoisotopic (exact) mass is 360 g/mol. The van der Waals surface area contributed by atoms with Crippen molar-refractivity contribution in [2.45, 2.75) is 4.90 Å². The fourth-order valence-corrected chi connectivity index (χ4v) is 7.93. The maximum Gasteiger partial charge on any atom is 0.199 e. The van der Waals surface area contributed by atoms with Crippen molar-refractivity contribution in [3.63, 3.8) is 0 Å². The third-order valence-corrected chi connectivity index (χ3v) is 9.56. The van der Waals surface area contributed by atoms with Gasteiger partial charge in [0.25, 0.3) is 0 Å². The molecule has 0 aliphatic heterocycles. The van der Waals surface area contributed by atoms with Crippen LogP contribution < -0.4 is 10.6 Å². The van der Waals surface area contributed by atoms with Gasteiger partial charge in [-0.1, -0.05) is 108 Å². The van der Waals surface area contributed by atoms with Crippen molar-refractivity contribution in [2.75, 3.05) is 0 Å². The Morgan fingerprint density at radius 1 is 0.560 bits per heavy atom. The Bertz CT molecular complexity index is 996. The van der Waals surface area contributed by atoms with E-state index in [1.807, 2.05) is 78.9 Å². The molecule has 0 bridgehead atoms. The topological polar surface area (TPSA) is 17.1 Å². The highest BCUT2D eigenvalue weighted by atomic mass is 32.7. The van der Waals surface area contributed by atoms with Crippen LogP contribution in [0.15, 0.2) is 108 Å². The third-order valence-electron chi connectivity index (χ3n) is 4.17. The summed E-state index contributed by atoms with van der Waals surface area (Å²) in [7, 11) is 0. The Morgan fingerprint density at radius 2 is 1.08 bits per heavy atom. The van der Waals surface area contributed by atoms with Crippen LogP contribution in [0, 0.1) is 0 Å². The average Bonchev–Trinajstić information content (AvgIpc) is 2.69. The van der Waals surface area contributed by atoms with Gasteiger partial charge in [0.05, 0.1) is 0 Å². The molecule has 25 heavy (non-hydrogen) atoms. The van der Waals surface area contributed by atoms with Crippen LogP contribution in [0.1, 0.15) is 0 Å². The van der Waals surface area contributed by atoms with E-state index in [1.165, 1.54) is 16.8 Å². The first kappa shape index (κ1) is 16.2. The lowest BCUT2D eigenvalue weighted by Crippen LogP contribution is -2.13. The first-order chi connectivity index (χ1) is 12.3. The van der Waals surface area contributed by atoms with Gasteiger partial charge in [-0.25, -0.2) is 0 Å². The largest absolute Gasteiger partial charge is 0.302 e. The quantitative estimate of drug-likeness (QED) is 0.424. The first-order valence-corrected chi connectivity index (χ1v) is 11.3. The van der Waals surface area contributed by atoms with Gasteiger partial charge in [0, 0.05) is 15.5 Å². The standard InChI is InChI=1S/C22H17OPS/c23-24(19-12-3-1-4-13-19,20-14-5-2-6-15-20)25-22-17-9-11-18-10-7-8-16-21(18)22/h1-17H.